The SMILES string of the molecule is O=C1CCCCC1n1c(=O)ccc2cnc(Nc3ccccc3)nc21. The number of anilines is 2. The molecule has 126 valence electrons. The Morgan fingerprint density at radius 3 is 2.68 bits per heavy atom. The average Bonchev–Trinajstić information content (AvgIpc) is 2.63. The second-order valence-electron chi connectivity index (χ2n) is 6.23. The van der Waals surface area contributed by atoms with Crippen molar-refractivity contribution < 1.29 is 4.79 Å². The van der Waals surface area contributed by atoms with Crippen LogP contribution in [0.3, 0.4) is 0 Å². The molecule has 1 fully saturated rings. The van der Waals surface area contributed by atoms with E-state index in [2.05, 4.69) is 15.3 Å². The molecule has 1 aliphatic carbocycles. The molecule has 1 aliphatic rings. The molecule has 6 heteroatoms. The minimum Gasteiger partial charge on any atom is -0.324 e. The molecule has 2 heterocycles. The summed E-state index contributed by atoms with van der Waals surface area (Å²) in [5, 5.41) is 3.88. The van der Waals surface area contributed by atoms with Crippen LogP contribution in [-0.4, -0.2) is 20.3 Å². The van der Waals surface area contributed by atoms with Gasteiger partial charge in [0.2, 0.25) is 5.95 Å². The number of aromatic nitrogens is 3. The van der Waals surface area contributed by atoms with Gasteiger partial charge in [0.25, 0.3) is 5.56 Å². The second-order valence-corrected chi connectivity index (χ2v) is 6.23. The van der Waals surface area contributed by atoms with Crippen molar-refractivity contribution in [1.29, 1.82) is 0 Å². The van der Waals surface area contributed by atoms with Crippen LogP contribution in [0.1, 0.15) is 31.7 Å². The zero-order valence-electron chi connectivity index (χ0n) is 13.7. The minimum absolute atomic E-state index is 0.108. The maximum absolute atomic E-state index is 12.5. The number of hydrogen-bond donors (Lipinski definition) is 1. The van der Waals surface area contributed by atoms with Crippen molar-refractivity contribution in [1.82, 2.24) is 14.5 Å². The summed E-state index contributed by atoms with van der Waals surface area (Å²) in [4.78, 5) is 33.7. The summed E-state index contributed by atoms with van der Waals surface area (Å²) in [5.74, 6) is 0.512. The second kappa shape index (κ2) is 6.47. The van der Waals surface area contributed by atoms with Crippen LogP contribution < -0.4 is 10.9 Å². The number of hydrogen-bond acceptors (Lipinski definition) is 5. The van der Waals surface area contributed by atoms with E-state index in [-0.39, 0.29) is 11.3 Å². The zero-order chi connectivity index (χ0) is 17.2. The van der Waals surface area contributed by atoms with Crippen LogP contribution in [0.4, 0.5) is 11.6 Å². The van der Waals surface area contributed by atoms with Crippen molar-refractivity contribution in [3.63, 3.8) is 0 Å². The number of ketones is 1. The number of nitrogens with one attached hydrogen (secondary N) is 1. The highest BCUT2D eigenvalue weighted by Gasteiger charge is 2.26. The summed E-state index contributed by atoms with van der Waals surface area (Å²) >= 11 is 0. The fraction of sp³-hybridized carbons (Fsp3) is 0.263. The summed E-state index contributed by atoms with van der Waals surface area (Å²) in [7, 11) is 0. The number of benzene rings is 1. The Morgan fingerprint density at radius 1 is 1.04 bits per heavy atom. The molecule has 2 aromatic heterocycles. The smallest absolute Gasteiger partial charge is 0.252 e. The van der Waals surface area contributed by atoms with Crippen LogP contribution in [0.15, 0.2) is 53.5 Å². The number of pyridine rings is 1. The predicted molar refractivity (Wildman–Crippen MR) is 96.0 cm³/mol. The van der Waals surface area contributed by atoms with Gasteiger partial charge in [0.15, 0.2) is 5.78 Å². The molecule has 0 amide bonds. The van der Waals surface area contributed by atoms with Crippen LogP contribution >= 0.6 is 0 Å². The van der Waals surface area contributed by atoms with Gasteiger partial charge in [-0.05, 0) is 31.0 Å². The van der Waals surface area contributed by atoms with Gasteiger partial charge in [-0.25, -0.2) is 4.98 Å². The molecule has 6 nitrogen and oxygen atoms in total. The van der Waals surface area contributed by atoms with E-state index >= 15 is 0 Å². The summed E-state index contributed by atoms with van der Waals surface area (Å²) in [6.07, 6.45) is 4.72. The van der Waals surface area contributed by atoms with Gasteiger partial charge >= 0.3 is 0 Å². The highest BCUT2D eigenvalue weighted by Crippen LogP contribution is 2.26. The van der Waals surface area contributed by atoms with E-state index in [1.807, 2.05) is 30.3 Å². The third-order valence-electron chi connectivity index (χ3n) is 4.53. The van der Waals surface area contributed by atoms with E-state index in [4.69, 9.17) is 0 Å². The van der Waals surface area contributed by atoms with Crippen molar-refractivity contribution in [3.8, 4) is 0 Å². The first-order valence-electron chi connectivity index (χ1n) is 8.45. The zero-order valence-corrected chi connectivity index (χ0v) is 13.7. The van der Waals surface area contributed by atoms with Gasteiger partial charge in [0.05, 0.1) is 6.04 Å². The molecule has 0 radical (unpaired) electrons. The van der Waals surface area contributed by atoms with Gasteiger partial charge in [-0.15, -0.1) is 0 Å². The molecule has 1 atom stereocenters. The van der Waals surface area contributed by atoms with Gasteiger partial charge < -0.3 is 5.32 Å². The molecule has 25 heavy (non-hydrogen) atoms. The third kappa shape index (κ3) is 3.03. The van der Waals surface area contributed by atoms with E-state index in [1.54, 1.807) is 12.3 Å². The van der Waals surface area contributed by atoms with Crippen LogP contribution in [0, 0.1) is 0 Å². The number of carbonyl (C=O) groups excluding carboxylic acids is 1. The lowest BCUT2D eigenvalue weighted by molar-refractivity contribution is -0.123. The monoisotopic (exact) mass is 334 g/mol. The van der Waals surface area contributed by atoms with E-state index in [0.29, 0.717) is 24.4 Å². The average molecular weight is 334 g/mol. The van der Waals surface area contributed by atoms with Crippen molar-refractivity contribution >= 4 is 28.5 Å². The molecule has 1 unspecified atom stereocenters. The highest BCUT2D eigenvalue weighted by molar-refractivity contribution is 5.85. The molecule has 3 aromatic rings. The summed E-state index contributed by atoms with van der Waals surface area (Å²) in [6, 6.07) is 12.3. The Morgan fingerprint density at radius 2 is 1.88 bits per heavy atom. The molecule has 1 aromatic carbocycles. The van der Waals surface area contributed by atoms with Crippen molar-refractivity contribution in [2.45, 2.75) is 31.7 Å². The number of Topliss-reactive ketones (excluding diaryl/α,β-unsaturated/α-hetero) is 1. The maximum Gasteiger partial charge on any atom is 0.252 e. The van der Waals surface area contributed by atoms with E-state index < -0.39 is 6.04 Å². The first-order chi connectivity index (χ1) is 12.2. The predicted octanol–water partition coefficient (Wildman–Crippen LogP) is 3.22. The van der Waals surface area contributed by atoms with Crippen molar-refractivity contribution in [3.05, 3.63) is 59.0 Å². The first-order valence-corrected chi connectivity index (χ1v) is 8.45. The van der Waals surface area contributed by atoms with Crippen LogP contribution in [-0.2, 0) is 4.79 Å². The van der Waals surface area contributed by atoms with E-state index in [9.17, 15) is 9.59 Å². The van der Waals surface area contributed by atoms with Crippen molar-refractivity contribution in [2.24, 2.45) is 0 Å². The minimum atomic E-state index is -0.426. The molecule has 0 bridgehead atoms. The Kier molecular flexibility index (Phi) is 4.01. The first kappa shape index (κ1) is 15.5. The quantitative estimate of drug-likeness (QED) is 0.796. The van der Waals surface area contributed by atoms with Gasteiger partial charge in [-0.3, -0.25) is 14.2 Å². The normalized spacial score (nSPS) is 17.6. The Bertz CT molecular complexity index is 982. The molecular formula is C19H18N4O2. The Balaban J connectivity index is 1.81. The van der Waals surface area contributed by atoms with Gasteiger partial charge in [0, 0.05) is 29.8 Å². The summed E-state index contributed by atoms with van der Waals surface area (Å²) in [6.45, 7) is 0. The van der Waals surface area contributed by atoms with Gasteiger partial charge in [-0.2, -0.15) is 4.98 Å². The van der Waals surface area contributed by atoms with Crippen molar-refractivity contribution in [2.75, 3.05) is 5.32 Å². The maximum atomic E-state index is 12.5. The molecule has 1 N–H and O–H groups in total. The molecule has 0 aliphatic heterocycles. The Labute approximate surface area is 144 Å². The number of rotatable bonds is 3. The summed E-state index contributed by atoms with van der Waals surface area (Å²) < 4.78 is 1.54. The Hall–Kier alpha value is -3.02. The van der Waals surface area contributed by atoms with Crippen LogP contribution in [0.25, 0.3) is 11.0 Å². The fourth-order valence-corrected chi connectivity index (χ4v) is 3.29. The molecular weight excluding hydrogens is 316 g/mol. The molecule has 1 saturated carbocycles. The molecule has 4 rings (SSSR count). The van der Waals surface area contributed by atoms with Crippen LogP contribution in [0.2, 0.25) is 0 Å². The third-order valence-corrected chi connectivity index (χ3v) is 4.53. The van der Waals surface area contributed by atoms with Gasteiger partial charge in [0.1, 0.15) is 5.65 Å². The lowest BCUT2D eigenvalue weighted by Gasteiger charge is -2.23. The largest absolute Gasteiger partial charge is 0.324 e. The molecule has 0 spiro atoms. The van der Waals surface area contributed by atoms with E-state index in [0.717, 1.165) is 23.9 Å². The van der Waals surface area contributed by atoms with Crippen LogP contribution in [0.5, 0.6) is 0 Å². The number of para-hydroxylation sites is 1. The highest BCUT2D eigenvalue weighted by atomic mass is 16.1. The lowest BCUT2D eigenvalue weighted by atomic mass is 9.93. The summed E-state index contributed by atoms with van der Waals surface area (Å²) in [5.41, 5.74) is 1.17. The number of fused-ring (bicyclic) bond motifs is 1. The standard InChI is InChI=1S/C19H18N4O2/c24-16-9-5-4-8-15(16)23-17(25)11-10-13-12-20-19(22-18(13)23)21-14-6-2-1-3-7-14/h1-3,6-7,10-12,15H,4-5,8-9H2,(H,20,21,22). The lowest BCUT2D eigenvalue weighted by Crippen LogP contribution is -2.32. The molecule has 0 saturated heterocycles. The fourth-order valence-electron chi connectivity index (χ4n) is 3.29. The van der Waals surface area contributed by atoms with E-state index in [1.165, 1.54) is 10.6 Å². The number of nitrogens with zero attached hydrogens (tertiary/aromatic N) is 3. The van der Waals surface area contributed by atoms with Gasteiger partial charge in [-0.1, -0.05) is 24.6 Å². The topological polar surface area (TPSA) is 76.9 Å². The number of carbonyl (C=O) groups is 1.